The monoisotopic (exact) mass is 412 g/mol. The zero-order valence-corrected chi connectivity index (χ0v) is 16.8. The van der Waals surface area contributed by atoms with E-state index in [-0.39, 0.29) is 17.9 Å². The van der Waals surface area contributed by atoms with E-state index in [2.05, 4.69) is 5.32 Å². The number of amides is 4. The van der Waals surface area contributed by atoms with Crippen LogP contribution in [0.2, 0.25) is 0 Å². The van der Waals surface area contributed by atoms with Gasteiger partial charge in [0, 0.05) is 31.7 Å². The van der Waals surface area contributed by atoms with Crippen LogP contribution in [-0.4, -0.2) is 47.8 Å². The second kappa shape index (κ2) is 9.39. The van der Waals surface area contributed by atoms with E-state index < -0.39 is 17.8 Å². The molecule has 7 nitrogen and oxygen atoms in total. The molecule has 1 aliphatic heterocycles. The first-order valence-corrected chi connectivity index (χ1v) is 9.79. The van der Waals surface area contributed by atoms with Crippen molar-refractivity contribution in [1.29, 1.82) is 0 Å². The number of urea groups is 1. The second-order valence-corrected chi connectivity index (χ2v) is 7.37. The smallest absolute Gasteiger partial charge is 0.321 e. The summed E-state index contributed by atoms with van der Waals surface area (Å²) >= 11 is 0. The predicted molar refractivity (Wildman–Crippen MR) is 111 cm³/mol. The first-order chi connectivity index (χ1) is 14.4. The van der Waals surface area contributed by atoms with Gasteiger partial charge in [-0.05, 0) is 42.7 Å². The molecule has 1 fully saturated rings. The maximum absolute atomic E-state index is 13.6. The number of hydrogen-bond donors (Lipinski definition) is 2. The molecule has 1 unspecified atom stereocenters. The third-order valence-corrected chi connectivity index (χ3v) is 5.33. The van der Waals surface area contributed by atoms with E-state index in [0.29, 0.717) is 37.2 Å². The number of nitrogens with two attached hydrogens (primary N) is 1. The van der Waals surface area contributed by atoms with Gasteiger partial charge in [0.05, 0.1) is 0 Å². The largest absolute Gasteiger partial charge is 0.368 e. The summed E-state index contributed by atoms with van der Waals surface area (Å²) in [5, 5.41) is 2.83. The van der Waals surface area contributed by atoms with Crippen molar-refractivity contribution in [3.8, 4) is 0 Å². The summed E-state index contributed by atoms with van der Waals surface area (Å²) in [4.78, 5) is 40.3. The third-order valence-electron chi connectivity index (χ3n) is 5.33. The summed E-state index contributed by atoms with van der Waals surface area (Å²) in [5.41, 5.74) is 6.55. The van der Waals surface area contributed by atoms with E-state index in [9.17, 15) is 18.8 Å². The Morgan fingerprint density at radius 1 is 1.10 bits per heavy atom. The minimum absolute atomic E-state index is 0.213. The Morgan fingerprint density at radius 2 is 1.77 bits per heavy atom. The number of hydrogen-bond acceptors (Lipinski definition) is 3. The van der Waals surface area contributed by atoms with E-state index in [0.717, 1.165) is 0 Å². The molecule has 8 heteroatoms. The Morgan fingerprint density at radius 3 is 2.37 bits per heavy atom. The van der Waals surface area contributed by atoms with Gasteiger partial charge in [-0.2, -0.15) is 0 Å². The van der Waals surface area contributed by atoms with Crippen molar-refractivity contribution in [3.63, 3.8) is 0 Å². The average Bonchev–Trinajstić information content (AvgIpc) is 2.74. The highest BCUT2D eigenvalue weighted by atomic mass is 19.1. The van der Waals surface area contributed by atoms with Gasteiger partial charge < -0.3 is 20.9 Å². The van der Waals surface area contributed by atoms with Gasteiger partial charge in [0.15, 0.2) is 0 Å². The Labute approximate surface area is 174 Å². The van der Waals surface area contributed by atoms with E-state index in [4.69, 9.17) is 5.73 Å². The number of piperidine rings is 1. The molecule has 1 aliphatic rings. The first-order valence-electron chi connectivity index (χ1n) is 9.79. The SMILES string of the molecule is CN(C(=O)C1CCN(C(=O)Nc2ccccc2)CC1)C(C(N)=O)c1cccc(F)c1. The first kappa shape index (κ1) is 21.3. The maximum Gasteiger partial charge on any atom is 0.321 e. The van der Waals surface area contributed by atoms with E-state index in [1.165, 1.54) is 30.1 Å². The molecule has 0 radical (unpaired) electrons. The molecule has 1 heterocycles. The number of halogens is 1. The number of carbonyl (C=O) groups excluding carboxylic acids is 3. The number of carbonyl (C=O) groups is 3. The fourth-order valence-corrected chi connectivity index (χ4v) is 3.72. The third kappa shape index (κ3) is 4.94. The predicted octanol–water partition coefficient (Wildman–Crippen LogP) is 2.75. The van der Waals surface area contributed by atoms with Gasteiger partial charge in [-0.15, -0.1) is 0 Å². The van der Waals surface area contributed by atoms with Crippen LogP contribution in [0.5, 0.6) is 0 Å². The summed E-state index contributed by atoms with van der Waals surface area (Å²) in [5.74, 6) is -1.81. The molecule has 0 aliphatic carbocycles. The van der Waals surface area contributed by atoms with Crippen molar-refractivity contribution in [3.05, 3.63) is 66.0 Å². The highest BCUT2D eigenvalue weighted by Gasteiger charge is 2.34. The lowest BCUT2D eigenvalue weighted by molar-refractivity contribution is -0.142. The molecule has 1 saturated heterocycles. The lowest BCUT2D eigenvalue weighted by Crippen LogP contribution is -2.47. The summed E-state index contributed by atoms with van der Waals surface area (Å²) in [6.07, 6.45) is 0.944. The number of likely N-dealkylation sites (tertiary alicyclic amines) is 1. The molecule has 2 aromatic carbocycles. The molecule has 0 bridgehead atoms. The van der Waals surface area contributed by atoms with E-state index in [1.807, 2.05) is 18.2 Å². The summed E-state index contributed by atoms with van der Waals surface area (Å²) in [7, 11) is 1.50. The van der Waals surface area contributed by atoms with E-state index >= 15 is 0 Å². The normalized spacial score (nSPS) is 15.3. The van der Waals surface area contributed by atoms with Crippen LogP contribution in [0.1, 0.15) is 24.4 Å². The van der Waals surface area contributed by atoms with Gasteiger partial charge >= 0.3 is 6.03 Å². The molecule has 0 spiro atoms. The van der Waals surface area contributed by atoms with Gasteiger partial charge in [-0.1, -0.05) is 30.3 Å². The maximum atomic E-state index is 13.6. The van der Waals surface area contributed by atoms with E-state index in [1.54, 1.807) is 23.1 Å². The van der Waals surface area contributed by atoms with Gasteiger partial charge in [0.1, 0.15) is 11.9 Å². The van der Waals surface area contributed by atoms with Crippen molar-refractivity contribution < 1.29 is 18.8 Å². The van der Waals surface area contributed by atoms with Crippen LogP contribution in [0, 0.1) is 11.7 Å². The fourth-order valence-electron chi connectivity index (χ4n) is 3.72. The van der Waals surface area contributed by atoms with Gasteiger partial charge in [-0.25, -0.2) is 9.18 Å². The Balaban J connectivity index is 1.61. The number of rotatable bonds is 5. The average molecular weight is 412 g/mol. The van der Waals surface area contributed by atoms with Crippen LogP contribution in [0.4, 0.5) is 14.9 Å². The number of primary amides is 1. The van der Waals surface area contributed by atoms with Crippen LogP contribution < -0.4 is 11.1 Å². The number of nitrogens with one attached hydrogen (secondary N) is 1. The molecule has 1 atom stereocenters. The molecule has 30 heavy (non-hydrogen) atoms. The molecule has 0 saturated carbocycles. The van der Waals surface area contributed by atoms with Crippen LogP contribution in [0.15, 0.2) is 54.6 Å². The molecule has 2 aromatic rings. The second-order valence-electron chi connectivity index (χ2n) is 7.37. The molecule has 0 aromatic heterocycles. The van der Waals surface area contributed by atoms with Gasteiger partial charge in [0.2, 0.25) is 11.8 Å². The highest BCUT2D eigenvalue weighted by molar-refractivity contribution is 5.90. The van der Waals surface area contributed by atoms with Crippen molar-refractivity contribution >= 4 is 23.5 Å². The number of likely N-dealkylation sites (N-methyl/N-ethyl adjacent to an activating group) is 1. The highest BCUT2D eigenvalue weighted by Crippen LogP contribution is 2.26. The van der Waals surface area contributed by atoms with Gasteiger partial charge in [-0.3, -0.25) is 9.59 Å². The lowest BCUT2D eigenvalue weighted by atomic mass is 9.94. The molecule has 3 rings (SSSR count). The number of nitrogens with zero attached hydrogens (tertiary/aromatic N) is 2. The van der Waals surface area contributed by atoms with Crippen molar-refractivity contribution in [2.45, 2.75) is 18.9 Å². The summed E-state index contributed by atoms with van der Waals surface area (Å²) in [6.45, 7) is 0.842. The molecule has 158 valence electrons. The van der Waals surface area contributed by atoms with Crippen molar-refractivity contribution in [2.24, 2.45) is 11.7 Å². The lowest BCUT2D eigenvalue weighted by Gasteiger charge is -2.35. The fraction of sp³-hybridized carbons (Fsp3) is 0.318. The van der Waals surface area contributed by atoms with Crippen LogP contribution in [0.25, 0.3) is 0 Å². The Kier molecular flexibility index (Phi) is 6.66. The number of anilines is 1. The van der Waals surface area contributed by atoms with Crippen LogP contribution in [-0.2, 0) is 9.59 Å². The molecule has 3 N–H and O–H groups in total. The molecule has 4 amide bonds. The summed E-state index contributed by atoms with van der Waals surface area (Å²) < 4.78 is 13.6. The molecular formula is C22H25FN4O3. The van der Waals surface area contributed by atoms with Gasteiger partial charge in [0.25, 0.3) is 0 Å². The van der Waals surface area contributed by atoms with Crippen molar-refractivity contribution in [2.75, 3.05) is 25.5 Å². The number of benzene rings is 2. The summed E-state index contributed by atoms with van der Waals surface area (Å²) in [6, 6.07) is 13.4. The minimum atomic E-state index is -1.05. The quantitative estimate of drug-likeness (QED) is 0.790. The zero-order chi connectivity index (χ0) is 21.7. The Hall–Kier alpha value is -3.42. The zero-order valence-electron chi connectivity index (χ0n) is 16.8. The molecular weight excluding hydrogens is 387 g/mol. The van der Waals surface area contributed by atoms with Crippen LogP contribution in [0.3, 0.4) is 0 Å². The topological polar surface area (TPSA) is 95.7 Å². The van der Waals surface area contributed by atoms with Crippen molar-refractivity contribution in [1.82, 2.24) is 9.80 Å². The minimum Gasteiger partial charge on any atom is -0.368 e. The van der Waals surface area contributed by atoms with Crippen LogP contribution >= 0.6 is 0 Å². The Bertz CT molecular complexity index is 914. The standard InChI is InChI=1S/C22H25FN4O3/c1-26(19(20(24)28)16-6-5-7-17(23)14-16)21(29)15-10-12-27(13-11-15)22(30)25-18-8-3-2-4-9-18/h2-9,14-15,19H,10-13H2,1H3,(H2,24,28)(H,25,30). The number of para-hydroxylation sites is 1.